The molecule has 24 heavy (non-hydrogen) atoms. The second kappa shape index (κ2) is 8.46. The van der Waals surface area contributed by atoms with Gasteiger partial charge in [-0.05, 0) is 60.8 Å². The van der Waals surface area contributed by atoms with Crippen LogP contribution < -0.4 is 0 Å². The lowest BCUT2D eigenvalue weighted by atomic mass is 10.0. The summed E-state index contributed by atoms with van der Waals surface area (Å²) in [5.74, 6) is -0.231. The molecule has 3 heteroatoms. The van der Waals surface area contributed by atoms with Crippen LogP contribution in [0.2, 0.25) is 5.02 Å². The molecule has 0 N–H and O–H groups in total. The monoisotopic (exact) mass is 343 g/mol. The van der Waals surface area contributed by atoms with Crippen molar-refractivity contribution < 1.29 is 4.39 Å². The van der Waals surface area contributed by atoms with Crippen LogP contribution in [0.25, 0.3) is 17.2 Å². The standard InChI is InChI=1S/C21H23ClFN/c22-21-16-19(18-7-5-9-20(23)15-18)11-10-17(21)8-6-14-24-12-3-1-2-4-13-24/h5-11,15-16H,1-4,12-14H2/b8-6+. The van der Waals surface area contributed by atoms with Crippen LogP contribution in [-0.2, 0) is 0 Å². The van der Waals surface area contributed by atoms with E-state index < -0.39 is 0 Å². The lowest BCUT2D eigenvalue weighted by Gasteiger charge is -2.17. The average Bonchev–Trinajstić information content (AvgIpc) is 2.85. The Morgan fingerprint density at radius 3 is 2.42 bits per heavy atom. The summed E-state index contributed by atoms with van der Waals surface area (Å²) in [6, 6.07) is 12.5. The summed E-state index contributed by atoms with van der Waals surface area (Å²) >= 11 is 6.41. The van der Waals surface area contributed by atoms with Gasteiger partial charge in [0.05, 0.1) is 0 Å². The van der Waals surface area contributed by atoms with Crippen molar-refractivity contribution in [3.05, 3.63) is 64.9 Å². The number of nitrogens with zero attached hydrogens (tertiary/aromatic N) is 1. The molecule has 126 valence electrons. The molecule has 1 aliphatic heterocycles. The maximum Gasteiger partial charge on any atom is 0.123 e. The molecule has 0 aromatic heterocycles. The summed E-state index contributed by atoms with van der Waals surface area (Å²) in [7, 11) is 0. The molecule has 3 rings (SSSR count). The zero-order valence-corrected chi connectivity index (χ0v) is 14.6. The van der Waals surface area contributed by atoms with Crippen LogP contribution >= 0.6 is 11.6 Å². The fourth-order valence-corrected chi connectivity index (χ4v) is 3.40. The minimum atomic E-state index is -0.231. The SMILES string of the molecule is Fc1cccc(-c2ccc(/C=C/CN3CCCCCC3)c(Cl)c2)c1. The topological polar surface area (TPSA) is 3.24 Å². The molecule has 2 aromatic rings. The average molecular weight is 344 g/mol. The van der Waals surface area contributed by atoms with Crippen LogP contribution in [0.15, 0.2) is 48.5 Å². The highest BCUT2D eigenvalue weighted by atomic mass is 35.5. The molecule has 0 saturated carbocycles. The molecule has 1 nitrogen and oxygen atoms in total. The highest BCUT2D eigenvalue weighted by Gasteiger charge is 2.07. The smallest absolute Gasteiger partial charge is 0.123 e. The van der Waals surface area contributed by atoms with E-state index in [4.69, 9.17) is 11.6 Å². The number of hydrogen-bond acceptors (Lipinski definition) is 1. The Morgan fingerprint density at radius 1 is 0.958 bits per heavy atom. The van der Waals surface area contributed by atoms with Crippen molar-refractivity contribution in [2.75, 3.05) is 19.6 Å². The first-order valence-corrected chi connectivity index (χ1v) is 9.04. The van der Waals surface area contributed by atoms with E-state index in [1.165, 1.54) is 50.9 Å². The summed E-state index contributed by atoms with van der Waals surface area (Å²) in [6.45, 7) is 3.36. The van der Waals surface area contributed by atoms with Gasteiger partial charge in [0.1, 0.15) is 5.82 Å². The minimum Gasteiger partial charge on any atom is -0.300 e. The molecule has 0 radical (unpaired) electrons. The Kier molecular flexibility index (Phi) is 6.06. The fraction of sp³-hybridized carbons (Fsp3) is 0.333. The zero-order valence-electron chi connectivity index (χ0n) is 13.8. The largest absolute Gasteiger partial charge is 0.300 e. The Balaban J connectivity index is 1.67. The predicted octanol–water partition coefficient (Wildman–Crippen LogP) is 6.04. The van der Waals surface area contributed by atoms with Gasteiger partial charge in [0.15, 0.2) is 0 Å². The normalized spacial score (nSPS) is 16.4. The Bertz CT molecular complexity index is 703. The summed E-state index contributed by atoms with van der Waals surface area (Å²) < 4.78 is 13.4. The van der Waals surface area contributed by atoms with Gasteiger partial charge in [-0.2, -0.15) is 0 Å². The maximum atomic E-state index is 13.4. The summed E-state index contributed by atoms with van der Waals surface area (Å²) in [5, 5.41) is 0.698. The van der Waals surface area contributed by atoms with E-state index in [0.717, 1.165) is 23.2 Å². The van der Waals surface area contributed by atoms with Gasteiger partial charge in [-0.1, -0.05) is 60.9 Å². The van der Waals surface area contributed by atoms with E-state index in [-0.39, 0.29) is 5.82 Å². The third kappa shape index (κ3) is 4.68. The molecule has 1 fully saturated rings. The van der Waals surface area contributed by atoms with Crippen LogP contribution in [-0.4, -0.2) is 24.5 Å². The number of benzene rings is 2. The van der Waals surface area contributed by atoms with Crippen LogP contribution in [0, 0.1) is 5.82 Å². The van der Waals surface area contributed by atoms with E-state index in [9.17, 15) is 4.39 Å². The van der Waals surface area contributed by atoms with Gasteiger partial charge in [-0.25, -0.2) is 4.39 Å². The molecular formula is C21H23ClFN. The van der Waals surface area contributed by atoms with Crippen molar-refractivity contribution in [1.82, 2.24) is 4.90 Å². The van der Waals surface area contributed by atoms with Crippen molar-refractivity contribution in [1.29, 1.82) is 0 Å². The second-order valence-electron chi connectivity index (χ2n) is 6.36. The molecule has 1 aliphatic rings. The molecular weight excluding hydrogens is 321 g/mol. The number of halogens is 2. The van der Waals surface area contributed by atoms with Gasteiger partial charge >= 0.3 is 0 Å². The third-order valence-electron chi connectivity index (χ3n) is 4.52. The first-order valence-electron chi connectivity index (χ1n) is 8.67. The van der Waals surface area contributed by atoms with E-state index in [1.54, 1.807) is 6.07 Å². The second-order valence-corrected chi connectivity index (χ2v) is 6.77. The van der Waals surface area contributed by atoms with Gasteiger partial charge in [0, 0.05) is 11.6 Å². The molecule has 0 amide bonds. The number of likely N-dealkylation sites (tertiary alicyclic amines) is 1. The first-order chi connectivity index (χ1) is 11.7. The van der Waals surface area contributed by atoms with Gasteiger partial charge < -0.3 is 0 Å². The van der Waals surface area contributed by atoms with Crippen molar-refractivity contribution in [2.24, 2.45) is 0 Å². The van der Waals surface area contributed by atoms with E-state index in [2.05, 4.69) is 17.1 Å². The Labute approximate surface area is 148 Å². The summed E-state index contributed by atoms with van der Waals surface area (Å²) in [5.41, 5.74) is 2.79. The quantitative estimate of drug-likeness (QED) is 0.654. The predicted molar refractivity (Wildman–Crippen MR) is 101 cm³/mol. The van der Waals surface area contributed by atoms with E-state index in [0.29, 0.717) is 5.02 Å². The molecule has 0 atom stereocenters. The van der Waals surface area contributed by atoms with Crippen molar-refractivity contribution >= 4 is 17.7 Å². The van der Waals surface area contributed by atoms with E-state index in [1.807, 2.05) is 24.3 Å². The van der Waals surface area contributed by atoms with Gasteiger partial charge in [0.25, 0.3) is 0 Å². The first kappa shape index (κ1) is 17.2. The fourth-order valence-electron chi connectivity index (χ4n) is 3.16. The van der Waals surface area contributed by atoms with Crippen LogP contribution in [0.1, 0.15) is 31.2 Å². The summed E-state index contributed by atoms with van der Waals surface area (Å²) in [4.78, 5) is 2.50. The van der Waals surface area contributed by atoms with Gasteiger partial charge in [-0.15, -0.1) is 0 Å². The van der Waals surface area contributed by atoms with Crippen LogP contribution in [0.5, 0.6) is 0 Å². The Hall–Kier alpha value is -1.64. The molecule has 1 heterocycles. The molecule has 0 aliphatic carbocycles. The van der Waals surface area contributed by atoms with E-state index >= 15 is 0 Å². The number of hydrogen-bond donors (Lipinski definition) is 0. The summed E-state index contributed by atoms with van der Waals surface area (Å²) in [6.07, 6.45) is 9.59. The van der Waals surface area contributed by atoms with Crippen LogP contribution in [0.4, 0.5) is 4.39 Å². The number of rotatable bonds is 4. The third-order valence-corrected chi connectivity index (χ3v) is 4.85. The maximum absolute atomic E-state index is 13.4. The lowest BCUT2D eigenvalue weighted by molar-refractivity contribution is 0.316. The molecule has 1 saturated heterocycles. The van der Waals surface area contributed by atoms with Gasteiger partial charge in [-0.3, -0.25) is 4.90 Å². The van der Waals surface area contributed by atoms with Crippen LogP contribution in [0.3, 0.4) is 0 Å². The minimum absolute atomic E-state index is 0.231. The van der Waals surface area contributed by atoms with Crippen molar-refractivity contribution in [2.45, 2.75) is 25.7 Å². The molecule has 2 aromatic carbocycles. The zero-order chi connectivity index (χ0) is 16.8. The molecule has 0 spiro atoms. The molecule has 0 unspecified atom stereocenters. The van der Waals surface area contributed by atoms with Crippen molar-refractivity contribution in [3.8, 4) is 11.1 Å². The Morgan fingerprint density at radius 2 is 1.71 bits per heavy atom. The van der Waals surface area contributed by atoms with Gasteiger partial charge in [0.2, 0.25) is 0 Å². The van der Waals surface area contributed by atoms with Crippen molar-refractivity contribution in [3.63, 3.8) is 0 Å². The highest BCUT2D eigenvalue weighted by molar-refractivity contribution is 6.32. The molecule has 0 bridgehead atoms. The lowest BCUT2D eigenvalue weighted by Crippen LogP contribution is -2.24. The highest BCUT2D eigenvalue weighted by Crippen LogP contribution is 2.27.